The average molecular weight is 307 g/mol. The van der Waals surface area contributed by atoms with Crippen LogP contribution in [0, 0.1) is 0 Å². The van der Waals surface area contributed by atoms with Crippen LogP contribution in [0.5, 0.6) is 0 Å². The molecule has 0 saturated heterocycles. The Morgan fingerprint density at radius 1 is 1.00 bits per heavy atom. The predicted molar refractivity (Wildman–Crippen MR) is 85.7 cm³/mol. The third kappa shape index (κ3) is 13.2. The Kier molecular flexibility index (Phi) is 17.8. The lowest BCUT2D eigenvalue weighted by Crippen LogP contribution is -2.30. The lowest BCUT2D eigenvalue weighted by atomic mass is 10.6. The van der Waals surface area contributed by atoms with Crippen LogP contribution in [0.15, 0.2) is 0 Å². The number of rotatable bonds is 3. The summed E-state index contributed by atoms with van der Waals surface area (Å²) >= 11 is 17.6. The van der Waals surface area contributed by atoms with E-state index in [1.807, 2.05) is 13.8 Å². The zero-order chi connectivity index (χ0) is 11.4. The topological polar surface area (TPSA) is 24.1 Å². The highest BCUT2D eigenvalue weighted by Gasteiger charge is 1.93. The Hall–Kier alpha value is 1.18. The average Bonchev–Trinajstić information content (AvgIpc) is 2.26. The van der Waals surface area contributed by atoms with Crippen molar-refractivity contribution in [3.8, 4) is 0 Å². The molecule has 0 saturated carbocycles. The van der Waals surface area contributed by atoms with Gasteiger partial charge in [-0.1, -0.05) is 38.3 Å². The van der Waals surface area contributed by atoms with Gasteiger partial charge in [0.15, 0.2) is 0 Å². The quantitative estimate of drug-likeness (QED) is 0.277. The minimum atomic E-state index is 0.671. The molecule has 0 aliphatic rings. The maximum absolute atomic E-state index is 4.86. The second kappa shape index (κ2) is 14.2. The van der Waals surface area contributed by atoms with Gasteiger partial charge in [-0.05, 0) is 21.6 Å². The molecule has 0 fully saturated rings. The van der Waals surface area contributed by atoms with E-state index in [-0.39, 0.29) is 0 Å². The number of nitrogens with one attached hydrogen (secondary N) is 2. The fourth-order valence-corrected chi connectivity index (χ4v) is 1.32. The Balaban J connectivity index is 0. The number of thiocarbonyl (C=S) groups is 2. The fraction of sp³-hybridized carbons (Fsp3) is 0.667. The van der Waals surface area contributed by atoms with Gasteiger partial charge in [0.05, 0.1) is 0 Å². The first-order valence-electron chi connectivity index (χ1n) is 3.89. The van der Waals surface area contributed by atoms with Gasteiger partial charge in [0.2, 0.25) is 0 Å². The van der Waals surface area contributed by atoms with E-state index < -0.39 is 0 Å². The van der Waals surface area contributed by atoms with Gasteiger partial charge in [-0.3, -0.25) is 0 Å². The Labute approximate surface area is 115 Å². The summed E-state index contributed by atoms with van der Waals surface area (Å²) in [6.45, 7) is 5.47. The first kappa shape index (κ1) is 17.6. The van der Waals surface area contributed by atoms with Gasteiger partial charge in [-0.15, -0.1) is 23.3 Å². The second-order valence-electron chi connectivity index (χ2n) is 1.61. The van der Waals surface area contributed by atoms with Crippen molar-refractivity contribution in [3.63, 3.8) is 0 Å². The Bertz CT molecular complexity index is 144. The largest absolute Gasteiger partial charge is 0.369 e. The normalized spacial score (nSPS) is 8.29. The van der Waals surface area contributed by atoms with Crippen LogP contribution in [0.25, 0.3) is 0 Å². The van der Waals surface area contributed by atoms with Crippen molar-refractivity contribution in [1.82, 2.24) is 10.6 Å². The molecule has 0 aromatic rings. The van der Waals surface area contributed by atoms with Crippen LogP contribution in [0.4, 0.5) is 0 Å². The van der Waals surface area contributed by atoms with Crippen LogP contribution in [-0.2, 0) is 0 Å². The Morgan fingerprint density at radius 3 is 1.50 bits per heavy atom. The van der Waals surface area contributed by atoms with E-state index >= 15 is 0 Å². The highest BCUT2D eigenvalue weighted by atomic mass is 33.1. The van der Waals surface area contributed by atoms with Gasteiger partial charge in [-0.25, -0.2) is 0 Å². The molecule has 0 spiro atoms. The summed E-state index contributed by atoms with van der Waals surface area (Å²) < 4.78 is 1.34. The van der Waals surface area contributed by atoms with Crippen LogP contribution in [-0.4, -0.2) is 21.7 Å². The Morgan fingerprint density at radius 2 is 1.29 bits per heavy atom. The second-order valence-corrected chi connectivity index (χ2v) is 5.22. The van der Waals surface area contributed by atoms with Crippen LogP contribution < -0.4 is 10.6 Å². The third-order valence-corrected chi connectivity index (χ3v) is 4.08. The van der Waals surface area contributed by atoms with Crippen molar-refractivity contribution >= 4 is 78.0 Å². The standard InChI is InChI=1S/C4H8N2S6.C2H6/c7-3(11-9)5-1-2-6-4(8)12-10;1-2/h9-10H,1-2H2,(H,5,7)(H,6,8);1-2H3. The molecule has 2 N–H and O–H groups in total. The molecule has 0 rings (SSSR count). The summed E-state index contributed by atoms with van der Waals surface area (Å²) in [7, 11) is 2.45. The van der Waals surface area contributed by atoms with E-state index in [0.717, 1.165) is 13.1 Å². The number of hydrogen-bond donors (Lipinski definition) is 4. The van der Waals surface area contributed by atoms with Gasteiger partial charge in [-0.2, -0.15) is 0 Å². The summed E-state index contributed by atoms with van der Waals surface area (Å²) in [5.41, 5.74) is 0. The van der Waals surface area contributed by atoms with E-state index in [9.17, 15) is 0 Å². The van der Waals surface area contributed by atoms with E-state index in [0.29, 0.717) is 8.64 Å². The molecule has 0 heterocycles. The number of thiol groups is 2. The maximum atomic E-state index is 4.86. The lowest BCUT2D eigenvalue weighted by molar-refractivity contribution is 0.834. The zero-order valence-electron chi connectivity index (χ0n) is 7.94. The molecule has 84 valence electrons. The van der Waals surface area contributed by atoms with Crippen molar-refractivity contribution in [2.75, 3.05) is 13.1 Å². The molecule has 0 aromatic carbocycles. The predicted octanol–water partition coefficient (Wildman–Crippen LogP) is 2.92. The molecule has 14 heavy (non-hydrogen) atoms. The van der Waals surface area contributed by atoms with E-state index in [1.165, 1.54) is 21.6 Å². The molecule has 0 aliphatic heterocycles. The summed E-state index contributed by atoms with van der Waals surface area (Å²) in [6.07, 6.45) is 0. The summed E-state index contributed by atoms with van der Waals surface area (Å²) in [5.74, 6) is 0. The van der Waals surface area contributed by atoms with E-state index in [1.54, 1.807) is 0 Å². The molecule has 0 unspecified atom stereocenters. The summed E-state index contributed by atoms with van der Waals surface area (Å²) in [4.78, 5) is 0. The highest BCUT2D eigenvalue weighted by molar-refractivity contribution is 8.77. The summed E-state index contributed by atoms with van der Waals surface area (Å²) in [6, 6.07) is 0. The first-order valence-corrected chi connectivity index (χ1v) is 8.44. The fourth-order valence-electron chi connectivity index (χ4n) is 0.394. The van der Waals surface area contributed by atoms with E-state index in [4.69, 9.17) is 24.4 Å². The van der Waals surface area contributed by atoms with E-state index in [2.05, 4.69) is 34.0 Å². The zero-order valence-corrected chi connectivity index (χ0v) is 13.0. The SMILES string of the molecule is CC.S=C(NCCNC(=S)SS)SS. The first-order chi connectivity index (χ1) is 6.70. The molecule has 8 heteroatoms. The molecular weight excluding hydrogens is 292 g/mol. The molecule has 0 bridgehead atoms. The van der Waals surface area contributed by atoms with Crippen molar-refractivity contribution in [3.05, 3.63) is 0 Å². The molecule has 2 nitrogen and oxygen atoms in total. The van der Waals surface area contributed by atoms with Crippen LogP contribution in [0.2, 0.25) is 0 Å². The summed E-state index contributed by atoms with van der Waals surface area (Å²) in [5, 5.41) is 5.95. The maximum Gasteiger partial charge on any atom is 0.144 e. The van der Waals surface area contributed by atoms with Gasteiger partial charge < -0.3 is 10.6 Å². The monoisotopic (exact) mass is 306 g/mol. The molecule has 0 aromatic heterocycles. The minimum Gasteiger partial charge on any atom is -0.369 e. The molecule has 0 radical (unpaired) electrons. The molecule has 0 amide bonds. The van der Waals surface area contributed by atoms with Gasteiger partial charge in [0.1, 0.15) is 8.64 Å². The van der Waals surface area contributed by atoms with Gasteiger partial charge in [0, 0.05) is 13.1 Å². The van der Waals surface area contributed by atoms with Crippen LogP contribution >= 0.6 is 69.3 Å². The molecule has 0 aliphatic carbocycles. The minimum absolute atomic E-state index is 0.671. The smallest absolute Gasteiger partial charge is 0.144 e. The van der Waals surface area contributed by atoms with Gasteiger partial charge in [0.25, 0.3) is 0 Å². The molecule has 0 atom stereocenters. The van der Waals surface area contributed by atoms with Gasteiger partial charge >= 0.3 is 0 Å². The molecular formula is C6H14N2S6. The van der Waals surface area contributed by atoms with Crippen LogP contribution in [0.1, 0.15) is 13.8 Å². The van der Waals surface area contributed by atoms with Crippen molar-refractivity contribution in [2.45, 2.75) is 13.8 Å². The highest BCUT2D eigenvalue weighted by Crippen LogP contribution is 2.06. The van der Waals surface area contributed by atoms with Crippen molar-refractivity contribution in [1.29, 1.82) is 0 Å². The lowest BCUT2D eigenvalue weighted by Gasteiger charge is -2.06. The third-order valence-electron chi connectivity index (χ3n) is 0.829. The number of hydrogen-bond acceptors (Lipinski definition) is 6. The van der Waals surface area contributed by atoms with Crippen molar-refractivity contribution in [2.24, 2.45) is 0 Å². The van der Waals surface area contributed by atoms with Crippen LogP contribution in [0.3, 0.4) is 0 Å². The van der Waals surface area contributed by atoms with Crippen molar-refractivity contribution < 1.29 is 0 Å².